The lowest BCUT2D eigenvalue weighted by Crippen LogP contribution is -2.23. The van der Waals surface area contributed by atoms with Crippen molar-refractivity contribution in [3.8, 4) is 11.5 Å². The second-order valence-corrected chi connectivity index (χ2v) is 8.07. The minimum atomic E-state index is -3.82. The maximum absolute atomic E-state index is 13.3. The van der Waals surface area contributed by atoms with E-state index in [4.69, 9.17) is 9.47 Å². The lowest BCUT2D eigenvalue weighted by atomic mass is 9.97. The fourth-order valence-corrected chi connectivity index (χ4v) is 4.98. The van der Waals surface area contributed by atoms with Gasteiger partial charge in [-0.05, 0) is 35.7 Å². The fraction of sp³-hybridized carbons (Fsp3) is 0.316. The Morgan fingerprint density at radius 1 is 1.04 bits per heavy atom. The third kappa shape index (κ3) is 4.35. The number of rotatable bonds is 8. The van der Waals surface area contributed by atoms with Crippen LogP contribution in [-0.2, 0) is 14.6 Å². The van der Waals surface area contributed by atoms with Crippen LogP contribution in [0.15, 0.2) is 53.4 Å². The summed E-state index contributed by atoms with van der Waals surface area (Å²) in [5.74, 6) is -0.833. The van der Waals surface area contributed by atoms with Crippen molar-refractivity contribution in [1.82, 2.24) is 0 Å². The predicted molar refractivity (Wildman–Crippen MR) is 97.3 cm³/mol. The first-order valence-corrected chi connectivity index (χ1v) is 9.58. The summed E-state index contributed by atoms with van der Waals surface area (Å²) in [4.78, 5) is 11.4. The van der Waals surface area contributed by atoms with Crippen molar-refractivity contribution in [1.29, 1.82) is 0 Å². The van der Waals surface area contributed by atoms with Crippen LogP contribution in [0.4, 0.5) is 0 Å². The largest absolute Gasteiger partial charge is 0.497 e. The molecule has 0 amide bonds. The summed E-state index contributed by atoms with van der Waals surface area (Å²) in [7, 11) is -0.879. The molecule has 0 radical (unpaired) electrons. The molecule has 0 saturated carbocycles. The van der Waals surface area contributed by atoms with E-state index in [1.54, 1.807) is 43.3 Å². The lowest BCUT2D eigenvalue weighted by molar-refractivity contribution is -0.137. The molecule has 0 bridgehead atoms. The van der Waals surface area contributed by atoms with Crippen molar-refractivity contribution in [3.63, 3.8) is 0 Å². The molecule has 2 unspecified atom stereocenters. The highest BCUT2D eigenvalue weighted by atomic mass is 32.2. The summed E-state index contributed by atoms with van der Waals surface area (Å²) in [5.41, 5.74) is 0.429. The fourth-order valence-electron chi connectivity index (χ4n) is 2.95. The van der Waals surface area contributed by atoms with Gasteiger partial charge in [0.2, 0.25) is 0 Å². The van der Waals surface area contributed by atoms with Gasteiger partial charge in [0.1, 0.15) is 11.5 Å². The number of carboxylic acid groups (broad SMARTS) is 1. The van der Waals surface area contributed by atoms with Gasteiger partial charge in [-0.15, -0.1) is 0 Å². The number of hydrogen-bond donors (Lipinski definition) is 1. The van der Waals surface area contributed by atoms with Crippen LogP contribution in [0.3, 0.4) is 0 Å². The van der Waals surface area contributed by atoms with Crippen molar-refractivity contribution in [2.24, 2.45) is 5.92 Å². The predicted octanol–water partition coefficient (Wildman–Crippen LogP) is 3.33. The highest BCUT2D eigenvalue weighted by Crippen LogP contribution is 2.39. The van der Waals surface area contributed by atoms with Gasteiger partial charge in [0.05, 0.1) is 24.4 Å². The molecule has 0 aliphatic rings. The molecule has 2 rings (SSSR count). The topological polar surface area (TPSA) is 89.9 Å². The van der Waals surface area contributed by atoms with E-state index in [1.807, 2.05) is 0 Å². The van der Waals surface area contributed by atoms with Crippen molar-refractivity contribution in [3.05, 3.63) is 54.1 Å². The number of sulfone groups is 1. The van der Waals surface area contributed by atoms with Crippen LogP contribution < -0.4 is 9.47 Å². The lowest BCUT2D eigenvalue weighted by Gasteiger charge is -2.24. The molecule has 26 heavy (non-hydrogen) atoms. The Morgan fingerprint density at radius 2 is 1.58 bits per heavy atom. The average Bonchev–Trinajstić information content (AvgIpc) is 2.61. The number of carbonyl (C=O) groups is 1. The molecule has 0 heterocycles. The maximum Gasteiger partial charge on any atom is 0.303 e. The molecular weight excluding hydrogens is 356 g/mol. The molecule has 0 saturated heterocycles. The molecule has 2 atom stereocenters. The first kappa shape index (κ1) is 19.8. The summed E-state index contributed by atoms with van der Waals surface area (Å²) in [5, 5.41) is 8.12. The Hall–Kier alpha value is -2.54. The van der Waals surface area contributed by atoms with Crippen LogP contribution in [0.25, 0.3) is 0 Å². The van der Waals surface area contributed by atoms with Gasteiger partial charge < -0.3 is 14.6 Å². The maximum atomic E-state index is 13.3. The molecule has 6 nitrogen and oxygen atoms in total. The smallest absolute Gasteiger partial charge is 0.303 e. The molecule has 7 heteroatoms. The highest BCUT2D eigenvalue weighted by molar-refractivity contribution is 7.91. The zero-order chi connectivity index (χ0) is 19.3. The molecule has 0 aromatic heterocycles. The Bertz CT molecular complexity index is 839. The zero-order valence-electron chi connectivity index (χ0n) is 14.9. The van der Waals surface area contributed by atoms with Crippen LogP contribution in [0.1, 0.15) is 24.2 Å². The Labute approximate surface area is 153 Å². The summed E-state index contributed by atoms with van der Waals surface area (Å²) >= 11 is 0. The summed E-state index contributed by atoms with van der Waals surface area (Å²) in [6.07, 6.45) is -0.281. The van der Waals surface area contributed by atoms with Gasteiger partial charge in [0, 0.05) is 12.5 Å². The second-order valence-electron chi connectivity index (χ2n) is 6.00. The van der Waals surface area contributed by atoms with E-state index in [0.29, 0.717) is 17.1 Å². The van der Waals surface area contributed by atoms with Crippen LogP contribution in [0.5, 0.6) is 11.5 Å². The molecule has 140 valence electrons. The number of benzene rings is 2. The third-order valence-electron chi connectivity index (χ3n) is 4.12. The molecule has 2 aromatic carbocycles. The van der Waals surface area contributed by atoms with Crippen LogP contribution in [0.2, 0.25) is 0 Å². The molecule has 0 spiro atoms. The van der Waals surface area contributed by atoms with Crippen molar-refractivity contribution in [2.75, 3.05) is 14.2 Å². The second kappa shape index (κ2) is 8.23. The van der Waals surface area contributed by atoms with Crippen molar-refractivity contribution < 1.29 is 27.8 Å². The standard InChI is InChI=1S/C19H22O6S/c1-13(9-18(20)21)19(26(22,23)17-7-5-4-6-8-17)14-10-15(24-2)12-16(11-14)25-3/h4-8,10-13,19H,9H2,1-3H3,(H,20,21). The van der Waals surface area contributed by atoms with Crippen molar-refractivity contribution >= 4 is 15.8 Å². The molecular formula is C19H22O6S. The minimum Gasteiger partial charge on any atom is -0.497 e. The van der Waals surface area contributed by atoms with Gasteiger partial charge in [-0.25, -0.2) is 8.42 Å². The van der Waals surface area contributed by atoms with Gasteiger partial charge >= 0.3 is 5.97 Å². The van der Waals surface area contributed by atoms with Gasteiger partial charge in [0.25, 0.3) is 0 Å². The molecule has 0 aliphatic carbocycles. The van der Waals surface area contributed by atoms with Gasteiger partial charge in [-0.1, -0.05) is 25.1 Å². The number of methoxy groups -OCH3 is 2. The van der Waals surface area contributed by atoms with Gasteiger partial charge in [-0.3, -0.25) is 4.79 Å². The van der Waals surface area contributed by atoms with E-state index >= 15 is 0 Å². The molecule has 1 N–H and O–H groups in total. The average molecular weight is 378 g/mol. The summed E-state index contributed by atoms with van der Waals surface area (Å²) in [6.45, 7) is 1.62. The summed E-state index contributed by atoms with van der Waals surface area (Å²) < 4.78 is 37.0. The number of hydrogen-bond acceptors (Lipinski definition) is 5. The van der Waals surface area contributed by atoms with E-state index in [-0.39, 0.29) is 11.3 Å². The normalized spacial score (nSPS) is 13.7. The van der Waals surface area contributed by atoms with E-state index in [1.165, 1.54) is 26.4 Å². The summed E-state index contributed by atoms with van der Waals surface area (Å²) in [6, 6.07) is 12.9. The van der Waals surface area contributed by atoms with E-state index in [9.17, 15) is 18.3 Å². The number of ether oxygens (including phenoxy) is 2. The quantitative estimate of drug-likeness (QED) is 0.758. The monoisotopic (exact) mass is 378 g/mol. The Kier molecular flexibility index (Phi) is 6.26. The van der Waals surface area contributed by atoms with E-state index < -0.39 is 27.0 Å². The number of aliphatic carboxylic acids is 1. The Morgan fingerprint density at radius 3 is 2.04 bits per heavy atom. The highest BCUT2D eigenvalue weighted by Gasteiger charge is 2.35. The molecule has 0 fully saturated rings. The Balaban J connectivity index is 2.64. The number of carboxylic acids is 1. The van der Waals surface area contributed by atoms with E-state index in [0.717, 1.165) is 0 Å². The van der Waals surface area contributed by atoms with Crippen molar-refractivity contribution in [2.45, 2.75) is 23.5 Å². The van der Waals surface area contributed by atoms with Gasteiger partial charge in [0.15, 0.2) is 9.84 Å². The first-order valence-electron chi connectivity index (χ1n) is 8.03. The van der Waals surface area contributed by atoms with Crippen LogP contribution in [0, 0.1) is 5.92 Å². The molecule has 2 aromatic rings. The zero-order valence-corrected chi connectivity index (χ0v) is 15.7. The minimum absolute atomic E-state index is 0.143. The first-order chi connectivity index (χ1) is 12.3. The van der Waals surface area contributed by atoms with Crippen LogP contribution in [-0.4, -0.2) is 33.7 Å². The van der Waals surface area contributed by atoms with E-state index in [2.05, 4.69) is 0 Å². The molecule has 0 aliphatic heterocycles. The SMILES string of the molecule is COc1cc(OC)cc(C(C(C)CC(=O)O)S(=O)(=O)c2ccccc2)c1. The third-order valence-corrected chi connectivity index (χ3v) is 6.46. The van der Waals surface area contributed by atoms with Crippen LogP contribution >= 0.6 is 0 Å². The van der Waals surface area contributed by atoms with Gasteiger partial charge in [-0.2, -0.15) is 0 Å².